The number of aliphatic hydroxyl groups is 1. The summed E-state index contributed by atoms with van der Waals surface area (Å²) in [5.74, 6) is 1.96. The van der Waals surface area contributed by atoms with E-state index in [0.717, 1.165) is 52.2 Å². The van der Waals surface area contributed by atoms with Crippen LogP contribution in [-0.2, 0) is 23.7 Å². The SMILES string of the molecule is COC(C[C@@H](C)[C@H]1C[C@H](O)[C@@]2(C)C3CC[C@H]4C(C)(C)[C@@H](O[C@H]5CN(C6COC6)CCO5)CC[C@@]45CC35CC[C@]12C)[C@@H]1NC(=O)OC1(C)C. The molecule has 8 rings (SSSR count). The van der Waals surface area contributed by atoms with E-state index >= 15 is 0 Å². The molecule has 5 saturated carbocycles. The topological polar surface area (TPSA) is 98.7 Å². The van der Waals surface area contributed by atoms with Gasteiger partial charge in [-0.15, -0.1) is 0 Å². The van der Waals surface area contributed by atoms with Crippen molar-refractivity contribution in [3.05, 3.63) is 0 Å². The van der Waals surface area contributed by atoms with Gasteiger partial charge in [0.25, 0.3) is 0 Å². The van der Waals surface area contributed by atoms with Crippen LogP contribution in [-0.4, -0.2) is 98.4 Å². The highest BCUT2D eigenvalue weighted by molar-refractivity contribution is 5.71. The van der Waals surface area contributed by atoms with Crippen LogP contribution in [0.2, 0.25) is 0 Å². The average Bonchev–Trinajstić information content (AvgIpc) is 3.51. The summed E-state index contributed by atoms with van der Waals surface area (Å²) in [6, 6.07) is 0.330. The Labute approximate surface area is 288 Å². The molecule has 9 heteroatoms. The molecule has 0 aromatic rings. The third kappa shape index (κ3) is 4.58. The number of hydrogen-bond donors (Lipinski definition) is 2. The second kappa shape index (κ2) is 11.3. The Morgan fingerprint density at radius 3 is 2.42 bits per heavy atom. The smallest absolute Gasteiger partial charge is 0.408 e. The van der Waals surface area contributed by atoms with Gasteiger partial charge < -0.3 is 34.1 Å². The van der Waals surface area contributed by atoms with Crippen molar-refractivity contribution in [2.75, 3.05) is 40.0 Å². The highest BCUT2D eigenvalue weighted by Crippen LogP contribution is 2.89. The van der Waals surface area contributed by atoms with Crippen LogP contribution in [0.5, 0.6) is 0 Å². The number of fused-ring (bicyclic) bond motifs is 2. The van der Waals surface area contributed by atoms with Gasteiger partial charge in [0.1, 0.15) is 5.60 Å². The summed E-state index contributed by atoms with van der Waals surface area (Å²) in [5, 5.41) is 15.2. The van der Waals surface area contributed by atoms with E-state index in [0.29, 0.717) is 40.5 Å². The van der Waals surface area contributed by atoms with Crippen LogP contribution in [0.25, 0.3) is 0 Å². The van der Waals surface area contributed by atoms with Crippen molar-refractivity contribution in [2.45, 2.75) is 149 Å². The first kappa shape index (κ1) is 34.1. The predicted molar refractivity (Wildman–Crippen MR) is 181 cm³/mol. The number of morpholine rings is 1. The lowest BCUT2D eigenvalue weighted by atomic mass is 9.41. The maximum atomic E-state index is 12.2. The lowest BCUT2D eigenvalue weighted by Crippen LogP contribution is -2.60. The van der Waals surface area contributed by atoms with Gasteiger partial charge in [-0.1, -0.05) is 34.6 Å². The van der Waals surface area contributed by atoms with E-state index in [1.165, 1.54) is 38.5 Å². The number of carbonyl (C=O) groups excluding carboxylic acids is 1. The van der Waals surface area contributed by atoms with Gasteiger partial charge in [-0.05, 0) is 117 Å². The Kier molecular flexibility index (Phi) is 8.01. The molecule has 3 aliphatic heterocycles. The third-order valence-electron chi connectivity index (χ3n) is 17.1. The van der Waals surface area contributed by atoms with E-state index in [1.54, 1.807) is 7.11 Å². The number of alkyl carbamates (subject to hydrolysis) is 1. The van der Waals surface area contributed by atoms with Crippen LogP contribution in [0.3, 0.4) is 0 Å². The van der Waals surface area contributed by atoms with Crippen LogP contribution >= 0.6 is 0 Å². The van der Waals surface area contributed by atoms with Crippen LogP contribution in [0, 0.1) is 50.7 Å². The molecule has 3 saturated heterocycles. The molecule has 2 N–H and O–H groups in total. The molecule has 3 unspecified atom stereocenters. The number of nitrogens with one attached hydrogen (secondary N) is 1. The van der Waals surface area contributed by atoms with E-state index in [4.69, 9.17) is 23.7 Å². The molecule has 1 amide bonds. The summed E-state index contributed by atoms with van der Waals surface area (Å²) >= 11 is 0. The first-order valence-electron chi connectivity index (χ1n) is 19.4. The molecule has 9 nitrogen and oxygen atoms in total. The van der Waals surface area contributed by atoms with Gasteiger partial charge in [-0.25, -0.2) is 4.79 Å². The molecule has 8 aliphatic rings. The summed E-state index contributed by atoms with van der Waals surface area (Å²) in [5.41, 5.74) is 0.156. The fourth-order valence-corrected chi connectivity index (χ4v) is 14.2. The van der Waals surface area contributed by atoms with E-state index in [9.17, 15) is 9.90 Å². The number of methoxy groups -OCH3 is 1. The number of carbonyl (C=O) groups is 1. The van der Waals surface area contributed by atoms with E-state index < -0.39 is 5.60 Å². The van der Waals surface area contributed by atoms with E-state index in [1.807, 2.05) is 13.8 Å². The number of hydrogen-bond acceptors (Lipinski definition) is 8. The molecule has 0 aromatic heterocycles. The standard InChI is InChI=1S/C39H64N2O7/c1-23(17-26(44-8)32-35(4,5)48-33(43)40-32)25-18-29(42)37(7)28-10-9-27-34(2,3)30(47-31-19-41(15-16-46-31)24-20-45-21-24)11-12-38(27)22-39(28,38)14-13-36(25,37)6/h23-32,42H,9-22H2,1-8H3,(H,40,43)/t23-,25-,26?,27+,28?,29+,30+,31+,32+,36-,37-,38-,39?/m1/s1. The first-order valence-corrected chi connectivity index (χ1v) is 19.4. The number of amides is 1. The van der Waals surface area contributed by atoms with Crippen molar-refractivity contribution in [3.8, 4) is 0 Å². The molecule has 3 heterocycles. The van der Waals surface area contributed by atoms with Gasteiger partial charge in [0, 0.05) is 19.1 Å². The van der Waals surface area contributed by atoms with Gasteiger partial charge in [0.2, 0.25) is 0 Å². The lowest BCUT2D eigenvalue weighted by molar-refractivity contribution is -0.256. The fraction of sp³-hybridized carbons (Fsp3) is 0.974. The van der Waals surface area contributed by atoms with Crippen LogP contribution < -0.4 is 5.32 Å². The summed E-state index contributed by atoms with van der Waals surface area (Å²) in [6.45, 7) is 20.6. The molecule has 48 heavy (non-hydrogen) atoms. The molecular weight excluding hydrogens is 608 g/mol. The highest BCUT2D eigenvalue weighted by Gasteiger charge is 2.83. The monoisotopic (exact) mass is 672 g/mol. The van der Waals surface area contributed by atoms with Crippen molar-refractivity contribution < 1.29 is 33.6 Å². The van der Waals surface area contributed by atoms with Crippen molar-refractivity contribution >= 4 is 6.09 Å². The Balaban J connectivity index is 0.983. The quantitative estimate of drug-likeness (QED) is 0.336. The Bertz CT molecular complexity index is 1270. The predicted octanol–water partition coefficient (Wildman–Crippen LogP) is 5.77. The van der Waals surface area contributed by atoms with Crippen LogP contribution in [0.4, 0.5) is 4.79 Å². The number of ether oxygens (including phenoxy) is 5. The second-order valence-electron chi connectivity index (χ2n) is 19.3. The van der Waals surface area contributed by atoms with Crippen LogP contribution in [0.15, 0.2) is 0 Å². The molecule has 0 radical (unpaired) electrons. The lowest BCUT2D eigenvalue weighted by Gasteiger charge is -2.64. The summed E-state index contributed by atoms with van der Waals surface area (Å²) in [4.78, 5) is 14.7. The van der Waals surface area contributed by atoms with Gasteiger partial charge in [-0.2, -0.15) is 0 Å². The molecule has 0 aromatic carbocycles. The minimum atomic E-state index is -0.617. The first-order chi connectivity index (χ1) is 22.6. The zero-order valence-corrected chi connectivity index (χ0v) is 31.0. The Hall–Kier alpha value is -0.970. The van der Waals surface area contributed by atoms with E-state index in [2.05, 4.69) is 44.8 Å². The van der Waals surface area contributed by atoms with Crippen molar-refractivity contribution in [2.24, 2.45) is 50.7 Å². The number of cyclic esters (lactones) is 1. The fourth-order valence-electron chi connectivity index (χ4n) is 14.2. The average molecular weight is 673 g/mol. The Morgan fingerprint density at radius 2 is 1.75 bits per heavy atom. The van der Waals surface area contributed by atoms with E-state index in [-0.39, 0.29) is 53.0 Å². The summed E-state index contributed by atoms with van der Waals surface area (Å²) < 4.78 is 30.2. The van der Waals surface area contributed by atoms with Crippen molar-refractivity contribution in [3.63, 3.8) is 0 Å². The molecule has 8 fully saturated rings. The van der Waals surface area contributed by atoms with Gasteiger partial charge in [0.05, 0.1) is 56.8 Å². The zero-order chi connectivity index (χ0) is 34.1. The minimum absolute atomic E-state index is 0.0626. The maximum Gasteiger partial charge on any atom is 0.408 e. The Morgan fingerprint density at radius 1 is 1.02 bits per heavy atom. The zero-order valence-electron chi connectivity index (χ0n) is 31.0. The molecular formula is C39H64N2O7. The minimum Gasteiger partial charge on any atom is -0.441 e. The van der Waals surface area contributed by atoms with Gasteiger partial charge in [0.15, 0.2) is 6.29 Å². The van der Waals surface area contributed by atoms with Crippen molar-refractivity contribution in [1.29, 1.82) is 0 Å². The normalized spacial score (nSPS) is 50.5. The second-order valence-corrected chi connectivity index (χ2v) is 19.3. The number of nitrogens with zero attached hydrogens (tertiary/aromatic N) is 1. The number of rotatable bonds is 8. The highest BCUT2D eigenvalue weighted by atomic mass is 16.7. The van der Waals surface area contributed by atoms with Crippen molar-refractivity contribution in [1.82, 2.24) is 10.2 Å². The summed E-state index contributed by atoms with van der Waals surface area (Å²) in [7, 11) is 1.76. The number of aliphatic hydroxyl groups excluding tert-OH is 1. The van der Waals surface area contributed by atoms with Crippen LogP contribution in [0.1, 0.15) is 106 Å². The molecule has 0 bridgehead atoms. The molecule has 13 atom stereocenters. The van der Waals surface area contributed by atoms with Gasteiger partial charge in [-0.3, -0.25) is 4.90 Å². The summed E-state index contributed by atoms with van der Waals surface area (Å²) in [6.07, 6.45) is 9.58. The third-order valence-corrected chi connectivity index (χ3v) is 17.1. The molecule has 2 spiro atoms. The molecule has 272 valence electrons. The largest absolute Gasteiger partial charge is 0.441 e. The molecule has 5 aliphatic carbocycles. The van der Waals surface area contributed by atoms with Gasteiger partial charge >= 0.3 is 6.09 Å². The maximum absolute atomic E-state index is 12.2.